The Kier molecular flexibility index (Phi) is 7.55. The number of nitrogens with zero attached hydrogens (tertiary/aromatic N) is 2. The molecule has 0 aromatic heterocycles. The number of nitro groups is 1. The molecule has 1 N–H and O–H groups in total. The Morgan fingerprint density at radius 1 is 1.10 bits per heavy atom. The maximum atomic E-state index is 12.8. The number of halogens is 3. The van der Waals surface area contributed by atoms with Crippen LogP contribution in [-0.4, -0.2) is 44.4 Å². The predicted octanol–water partition coefficient (Wildman–Crippen LogP) is 4.15. The second kappa shape index (κ2) is 9.89. The van der Waals surface area contributed by atoms with E-state index in [0.29, 0.717) is 0 Å². The van der Waals surface area contributed by atoms with Gasteiger partial charge in [0.1, 0.15) is 5.75 Å². The lowest BCUT2D eigenvalue weighted by Crippen LogP contribution is -2.41. The molecule has 0 unspecified atom stereocenters. The van der Waals surface area contributed by atoms with Crippen LogP contribution in [0.4, 0.5) is 35.0 Å². The summed E-state index contributed by atoms with van der Waals surface area (Å²) in [7, 11) is 2.72. The van der Waals surface area contributed by atoms with Gasteiger partial charge in [0.25, 0.3) is 5.69 Å². The van der Waals surface area contributed by atoms with Crippen LogP contribution in [0.5, 0.6) is 5.75 Å². The summed E-state index contributed by atoms with van der Waals surface area (Å²) < 4.78 is 51.0. The molecular weight excluding hydrogens is 411 g/mol. The molecule has 9 nitrogen and oxygen atoms in total. The maximum Gasteiger partial charge on any atom is 0.573 e. The molecule has 0 atom stereocenters. The third-order valence-electron chi connectivity index (χ3n) is 3.81. The van der Waals surface area contributed by atoms with E-state index in [2.05, 4.69) is 10.1 Å². The van der Waals surface area contributed by atoms with Gasteiger partial charge in [-0.3, -0.25) is 15.0 Å². The number of rotatable bonds is 8. The number of carbonyl (C=O) groups is 1. The lowest BCUT2D eigenvalue weighted by molar-refractivity contribution is -0.384. The normalized spacial score (nSPS) is 11.3. The summed E-state index contributed by atoms with van der Waals surface area (Å²) >= 11 is 0. The fourth-order valence-electron chi connectivity index (χ4n) is 2.39. The zero-order chi connectivity index (χ0) is 22.3. The van der Waals surface area contributed by atoms with Gasteiger partial charge in [0, 0.05) is 37.7 Å². The second-order valence-electron chi connectivity index (χ2n) is 5.79. The smallest absolute Gasteiger partial charge is 0.406 e. The van der Waals surface area contributed by atoms with Crippen LogP contribution in [0.25, 0.3) is 0 Å². The second-order valence-corrected chi connectivity index (χ2v) is 5.79. The van der Waals surface area contributed by atoms with Crippen LogP contribution in [-0.2, 0) is 9.47 Å². The van der Waals surface area contributed by atoms with Crippen molar-refractivity contribution in [3.05, 3.63) is 58.6 Å². The fraction of sp³-hybridized carbons (Fsp3) is 0.278. The number of non-ortho nitro benzene ring substituents is 1. The number of hydrogen-bond acceptors (Lipinski definition) is 6. The van der Waals surface area contributed by atoms with Gasteiger partial charge >= 0.3 is 12.4 Å². The fourth-order valence-corrected chi connectivity index (χ4v) is 2.39. The van der Waals surface area contributed by atoms with Crippen molar-refractivity contribution < 1.29 is 37.1 Å². The van der Waals surface area contributed by atoms with Crippen molar-refractivity contribution in [3.63, 3.8) is 0 Å². The number of amides is 2. The number of benzene rings is 2. The SMILES string of the molecule is COC(CN(C(=O)Nc1ccc([N+](=O)[O-])cc1)c1ccc(OC(F)(F)F)cc1)OC. The molecule has 0 radical (unpaired) electrons. The summed E-state index contributed by atoms with van der Waals surface area (Å²) in [5, 5.41) is 13.3. The molecule has 162 valence electrons. The number of anilines is 2. The quantitative estimate of drug-likeness (QED) is 0.384. The van der Waals surface area contributed by atoms with Crippen molar-refractivity contribution in [2.24, 2.45) is 0 Å². The van der Waals surface area contributed by atoms with Crippen LogP contribution in [0.1, 0.15) is 0 Å². The molecule has 0 spiro atoms. The third kappa shape index (κ3) is 6.60. The molecule has 2 aromatic carbocycles. The van der Waals surface area contributed by atoms with Gasteiger partial charge in [-0.15, -0.1) is 13.2 Å². The van der Waals surface area contributed by atoms with Crippen molar-refractivity contribution in [1.29, 1.82) is 0 Å². The number of nitrogens with one attached hydrogen (secondary N) is 1. The van der Waals surface area contributed by atoms with Gasteiger partial charge in [0.2, 0.25) is 0 Å². The molecule has 0 heterocycles. The Labute approximate surface area is 169 Å². The summed E-state index contributed by atoms with van der Waals surface area (Å²) in [5.41, 5.74) is 0.367. The molecule has 12 heteroatoms. The van der Waals surface area contributed by atoms with E-state index >= 15 is 0 Å². The Hall–Kier alpha value is -3.38. The molecular formula is C18H18F3N3O6. The molecule has 0 saturated heterocycles. The first-order chi connectivity index (χ1) is 14.1. The number of ether oxygens (including phenoxy) is 3. The molecule has 2 amide bonds. The van der Waals surface area contributed by atoms with Crippen molar-refractivity contribution >= 4 is 23.1 Å². The lowest BCUT2D eigenvalue weighted by Gasteiger charge is -2.26. The largest absolute Gasteiger partial charge is 0.573 e. The van der Waals surface area contributed by atoms with Crippen LogP contribution in [0, 0.1) is 10.1 Å². The highest BCUT2D eigenvalue weighted by Gasteiger charge is 2.31. The summed E-state index contributed by atoms with van der Waals surface area (Å²) in [6.07, 6.45) is -5.66. The molecule has 0 bridgehead atoms. The first-order valence-electron chi connectivity index (χ1n) is 8.37. The highest BCUT2D eigenvalue weighted by Crippen LogP contribution is 2.26. The van der Waals surface area contributed by atoms with Crippen LogP contribution >= 0.6 is 0 Å². The molecule has 30 heavy (non-hydrogen) atoms. The zero-order valence-electron chi connectivity index (χ0n) is 15.9. The number of carbonyl (C=O) groups excluding carboxylic acids is 1. The van der Waals surface area contributed by atoms with E-state index in [1.807, 2.05) is 0 Å². The highest BCUT2D eigenvalue weighted by molar-refractivity contribution is 6.01. The van der Waals surface area contributed by atoms with Gasteiger partial charge in [-0.2, -0.15) is 0 Å². The Bertz CT molecular complexity index is 855. The first-order valence-corrected chi connectivity index (χ1v) is 8.37. The summed E-state index contributed by atoms with van der Waals surface area (Å²) in [4.78, 5) is 24.1. The summed E-state index contributed by atoms with van der Waals surface area (Å²) in [5.74, 6) is -0.447. The molecule has 2 rings (SSSR count). The summed E-state index contributed by atoms with van der Waals surface area (Å²) in [6, 6.07) is 9.11. The Balaban J connectivity index is 2.23. The van der Waals surface area contributed by atoms with Crippen molar-refractivity contribution in [2.45, 2.75) is 12.7 Å². The van der Waals surface area contributed by atoms with Gasteiger partial charge in [0.15, 0.2) is 6.29 Å². The minimum atomic E-state index is -4.84. The summed E-state index contributed by atoms with van der Waals surface area (Å²) in [6.45, 7) is -0.0920. The number of nitro benzene ring substituents is 1. The van der Waals surface area contributed by atoms with Gasteiger partial charge in [-0.25, -0.2) is 4.79 Å². The van der Waals surface area contributed by atoms with E-state index in [9.17, 15) is 28.1 Å². The van der Waals surface area contributed by atoms with E-state index in [-0.39, 0.29) is 23.6 Å². The van der Waals surface area contributed by atoms with Gasteiger partial charge in [0.05, 0.1) is 11.5 Å². The zero-order valence-corrected chi connectivity index (χ0v) is 15.9. The number of methoxy groups -OCH3 is 2. The van der Waals surface area contributed by atoms with Crippen LogP contribution in [0.2, 0.25) is 0 Å². The van der Waals surface area contributed by atoms with E-state index < -0.39 is 29.4 Å². The number of alkyl halides is 3. The highest BCUT2D eigenvalue weighted by atomic mass is 19.4. The predicted molar refractivity (Wildman–Crippen MR) is 100 cm³/mol. The average Bonchev–Trinajstić information content (AvgIpc) is 2.69. The van der Waals surface area contributed by atoms with Crippen LogP contribution in [0.15, 0.2) is 48.5 Å². The molecule has 0 aliphatic rings. The van der Waals surface area contributed by atoms with Crippen LogP contribution < -0.4 is 15.0 Å². The first kappa shape index (κ1) is 22.9. The Morgan fingerprint density at radius 2 is 1.67 bits per heavy atom. The topological polar surface area (TPSA) is 103 Å². The van der Waals surface area contributed by atoms with Crippen molar-refractivity contribution in [2.75, 3.05) is 31.0 Å². The van der Waals surface area contributed by atoms with E-state index in [4.69, 9.17) is 9.47 Å². The van der Waals surface area contributed by atoms with E-state index in [1.165, 1.54) is 55.5 Å². The number of hydrogen-bond donors (Lipinski definition) is 1. The minimum absolute atomic E-state index is 0.0920. The van der Waals surface area contributed by atoms with Gasteiger partial charge in [-0.05, 0) is 36.4 Å². The van der Waals surface area contributed by atoms with Crippen molar-refractivity contribution in [1.82, 2.24) is 0 Å². The molecule has 0 aliphatic carbocycles. The third-order valence-corrected chi connectivity index (χ3v) is 3.81. The minimum Gasteiger partial charge on any atom is -0.406 e. The Morgan fingerprint density at radius 3 is 2.13 bits per heavy atom. The monoisotopic (exact) mass is 429 g/mol. The van der Waals surface area contributed by atoms with Crippen molar-refractivity contribution in [3.8, 4) is 5.75 Å². The molecule has 0 saturated carbocycles. The maximum absolute atomic E-state index is 12.8. The lowest BCUT2D eigenvalue weighted by atomic mass is 10.2. The number of urea groups is 1. The van der Waals surface area contributed by atoms with E-state index in [1.54, 1.807) is 0 Å². The average molecular weight is 429 g/mol. The van der Waals surface area contributed by atoms with Crippen LogP contribution in [0.3, 0.4) is 0 Å². The standard InChI is InChI=1S/C18H18F3N3O6/c1-28-16(29-2)11-23(13-7-9-15(10-8-13)30-18(19,20)21)17(25)22-12-3-5-14(6-4-12)24(26)27/h3-10,16H,11H2,1-2H3,(H,22,25). The van der Waals surface area contributed by atoms with Gasteiger partial charge < -0.3 is 19.5 Å². The van der Waals surface area contributed by atoms with E-state index in [0.717, 1.165) is 12.1 Å². The molecule has 0 aliphatic heterocycles. The molecule has 0 fully saturated rings. The van der Waals surface area contributed by atoms with Gasteiger partial charge in [-0.1, -0.05) is 0 Å². The molecule has 2 aromatic rings.